The summed E-state index contributed by atoms with van der Waals surface area (Å²) in [6.07, 6.45) is 2.12. The zero-order valence-corrected chi connectivity index (χ0v) is 19.7. The molecule has 1 unspecified atom stereocenters. The first-order chi connectivity index (χ1) is 16.5. The molecule has 0 saturated heterocycles. The molecule has 0 amide bonds. The molecule has 0 bridgehead atoms. The number of hydrogen-bond acceptors (Lipinski definition) is 7. The van der Waals surface area contributed by atoms with Crippen LogP contribution in [0.25, 0.3) is 16.3 Å². The van der Waals surface area contributed by atoms with Gasteiger partial charge in [-0.15, -0.1) is 0 Å². The van der Waals surface area contributed by atoms with Crippen LogP contribution in [0.15, 0.2) is 72.3 Å². The van der Waals surface area contributed by atoms with Gasteiger partial charge in [-0.1, -0.05) is 59.3 Å². The van der Waals surface area contributed by atoms with Crippen molar-refractivity contribution in [3.8, 4) is 11.5 Å². The molecule has 1 spiro atoms. The van der Waals surface area contributed by atoms with Crippen LogP contribution in [0.2, 0.25) is 5.02 Å². The van der Waals surface area contributed by atoms with Crippen LogP contribution in [-0.4, -0.2) is 23.9 Å². The number of nitrogens with one attached hydrogen (secondary N) is 1. The van der Waals surface area contributed by atoms with Crippen molar-refractivity contribution in [3.05, 3.63) is 88.5 Å². The maximum atomic E-state index is 12.9. The van der Waals surface area contributed by atoms with E-state index in [0.717, 1.165) is 26.5 Å². The summed E-state index contributed by atoms with van der Waals surface area (Å²) in [6.45, 7) is 0. The molecule has 8 heteroatoms. The van der Waals surface area contributed by atoms with E-state index < -0.39 is 11.8 Å². The van der Waals surface area contributed by atoms with E-state index in [1.165, 1.54) is 18.4 Å². The Morgan fingerprint density at radius 2 is 1.88 bits per heavy atom. The van der Waals surface area contributed by atoms with E-state index >= 15 is 0 Å². The van der Waals surface area contributed by atoms with Crippen molar-refractivity contribution in [1.82, 2.24) is 4.98 Å². The lowest BCUT2D eigenvalue weighted by molar-refractivity contribution is -0.148. The highest BCUT2D eigenvalue weighted by Gasteiger charge is 2.51. The number of anilines is 1. The molecule has 2 aliphatic heterocycles. The van der Waals surface area contributed by atoms with E-state index in [-0.39, 0.29) is 6.04 Å². The van der Waals surface area contributed by atoms with Gasteiger partial charge in [0.25, 0.3) is 5.79 Å². The molecular formula is C26H19ClN2O4S. The third kappa shape index (κ3) is 3.48. The maximum absolute atomic E-state index is 12.9. The lowest BCUT2D eigenvalue weighted by atomic mass is 9.87. The summed E-state index contributed by atoms with van der Waals surface area (Å²) in [5, 5.41) is 4.96. The first-order valence-electron chi connectivity index (χ1n) is 10.7. The Morgan fingerprint density at radius 1 is 1.12 bits per heavy atom. The van der Waals surface area contributed by atoms with E-state index in [9.17, 15) is 4.79 Å². The number of esters is 1. The molecule has 2 aliphatic rings. The van der Waals surface area contributed by atoms with Crippen LogP contribution in [0.5, 0.6) is 11.5 Å². The number of aromatic nitrogens is 1. The number of carbonyl (C=O) groups excluding carboxylic acids is 1. The zero-order chi connectivity index (χ0) is 23.3. The normalized spacial score (nSPS) is 20.5. The van der Waals surface area contributed by atoms with E-state index in [1.807, 2.05) is 66.7 Å². The number of thiazole rings is 1. The highest BCUT2D eigenvalue weighted by molar-refractivity contribution is 7.22. The second-order valence-electron chi connectivity index (χ2n) is 8.11. The minimum atomic E-state index is -1.35. The fraction of sp³-hybridized carbons (Fsp3) is 0.154. The SMILES string of the molecule is COC(=O)C1=Cc2ccccc2OC12C[C@H](Nc1nc3ccc(Cl)cc3s1)c1ccccc1O2. The summed E-state index contributed by atoms with van der Waals surface area (Å²) < 4.78 is 19.0. The van der Waals surface area contributed by atoms with Crippen molar-refractivity contribution in [1.29, 1.82) is 0 Å². The standard InChI is InChI=1S/C26H19ClN2O4S/c1-31-24(30)18-12-15-6-2-4-8-21(15)32-26(18)14-20(17-7-3-5-9-22(17)33-26)29-25-28-19-11-10-16(27)13-23(19)34-25/h2-13,20H,14H2,1H3,(H,28,29)/t20-,26?/m0/s1. The van der Waals surface area contributed by atoms with E-state index in [0.29, 0.717) is 28.5 Å². The molecule has 0 radical (unpaired) electrons. The highest BCUT2D eigenvalue weighted by Crippen LogP contribution is 2.48. The molecule has 4 aromatic rings. The van der Waals surface area contributed by atoms with Crippen LogP contribution in [-0.2, 0) is 9.53 Å². The molecule has 1 N–H and O–H groups in total. The molecule has 6 nitrogen and oxygen atoms in total. The van der Waals surface area contributed by atoms with Crippen LogP contribution in [0.4, 0.5) is 5.13 Å². The number of halogens is 1. The van der Waals surface area contributed by atoms with Crippen molar-refractivity contribution in [2.24, 2.45) is 0 Å². The number of rotatable bonds is 3. The molecule has 34 heavy (non-hydrogen) atoms. The third-order valence-corrected chi connectivity index (χ3v) is 7.18. The summed E-state index contributed by atoms with van der Waals surface area (Å²) in [5.41, 5.74) is 2.93. The van der Waals surface area contributed by atoms with Crippen molar-refractivity contribution in [2.45, 2.75) is 18.2 Å². The predicted molar refractivity (Wildman–Crippen MR) is 132 cm³/mol. The van der Waals surface area contributed by atoms with Crippen molar-refractivity contribution in [3.63, 3.8) is 0 Å². The Balaban J connectivity index is 1.44. The van der Waals surface area contributed by atoms with Gasteiger partial charge in [-0.25, -0.2) is 9.78 Å². The average Bonchev–Trinajstić information content (AvgIpc) is 3.24. The third-order valence-electron chi connectivity index (χ3n) is 6.00. The number of hydrogen-bond donors (Lipinski definition) is 1. The fourth-order valence-electron chi connectivity index (χ4n) is 4.44. The summed E-state index contributed by atoms with van der Waals surface area (Å²) >= 11 is 7.68. The van der Waals surface area contributed by atoms with Crippen LogP contribution >= 0.6 is 22.9 Å². The quantitative estimate of drug-likeness (QED) is 0.343. The molecule has 6 rings (SSSR count). The largest absolute Gasteiger partial charge is 0.465 e. The molecule has 3 heterocycles. The molecule has 0 fully saturated rings. The summed E-state index contributed by atoms with van der Waals surface area (Å²) in [5.74, 6) is -0.581. The summed E-state index contributed by atoms with van der Waals surface area (Å²) in [4.78, 5) is 17.6. The van der Waals surface area contributed by atoms with Gasteiger partial charge in [0.05, 0.1) is 29.8 Å². The van der Waals surface area contributed by atoms with Gasteiger partial charge in [0.1, 0.15) is 17.1 Å². The van der Waals surface area contributed by atoms with E-state index in [2.05, 4.69) is 5.32 Å². The first kappa shape index (κ1) is 21.0. The van der Waals surface area contributed by atoms with Gasteiger partial charge >= 0.3 is 5.97 Å². The Kier molecular flexibility index (Phi) is 4.97. The topological polar surface area (TPSA) is 69.7 Å². The van der Waals surface area contributed by atoms with Gasteiger partial charge in [-0.05, 0) is 36.4 Å². The van der Waals surface area contributed by atoms with Crippen LogP contribution in [0.3, 0.4) is 0 Å². The molecule has 2 atom stereocenters. The number of ether oxygens (including phenoxy) is 3. The van der Waals surface area contributed by atoms with Gasteiger partial charge in [0, 0.05) is 16.1 Å². The monoisotopic (exact) mass is 490 g/mol. The zero-order valence-electron chi connectivity index (χ0n) is 18.1. The van der Waals surface area contributed by atoms with Gasteiger partial charge in [-0.3, -0.25) is 0 Å². The van der Waals surface area contributed by atoms with E-state index in [4.69, 9.17) is 30.8 Å². The average molecular weight is 491 g/mol. The second-order valence-corrected chi connectivity index (χ2v) is 9.58. The van der Waals surface area contributed by atoms with Crippen molar-refractivity contribution >= 4 is 50.3 Å². The van der Waals surface area contributed by atoms with Crippen LogP contribution in [0, 0.1) is 0 Å². The molecule has 170 valence electrons. The number of fused-ring (bicyclic) bond motifs is 3. The van der Waals surface area contributed by atoms with Crippen molar-refractivity contribution < 1.29 is 19.0 Å². The molecule has 0 saturated carbocycles. The summed E-state index contributed by atoms with van der Waals surface area (Å²) in [6, 6.07) is 20.7. The van der Waals surface area contributed by atoms with Gasteiger partial charge in [0.15, 0.2) is 5.13 Å². The Morgan fingerprint density at radius 3 is 2.74 bits per heavy atom. The number of benzene rings is 3. The predicted octanol–water partition coefficient (Wildman–Crippen LogP) is 6.23. The minimum absolute atomic E-state index is 0.237. The van der Waals surface area contributed by atoms with E-state index in [1.54, 1.807) is 6.08 Å². The molecule has 1 aromatic heterocycles. The molecule has 3 aromatic carbocycles. The lowest BCUT2D eigenvalue weighted by Gasteiger charge is -2.44. The van der Waals surface area contributed by atoms with Gasteiger partial charge < -0.3 is 19.5 Å². The highest BCUT2D eigenvalue weighted by atomic mass is 35.5. The lowest BCUT2D eigenvalue weighted by Crippen LogP contribution is -2.52. The van der Waals surface area contributed by atoms with Gasteiger partial charge in [0.2, 0.25) is 0 Å². The van der Waals surface area contributed by atoms with Crippen molar-refractivity contribution in [2.75, 3.05) is 12.4 Å². The fourth-order valence-corrected chi connectivity index (χ4v) is 5.63. The second kappa shape index (κ2) is 8.04. The van der Waals surface area contributed by atoms with Crippen LogP contribution in [0.1, 0.15) is 23.6 Å². The Hall–Kier alpha value is -3.55. The number of para-hydroxylation sites is 2. The Labute approximate surface area is 204 Å². The molecule has 0 aliphatic carbocycles. The summed E-state index contributed by atoms with van der Waals surface area (Å²) in [7, 11) is 1.36. The number of methoxy groups -OCH3 is 1. The molecular weight excluding hydrogens is 472 g/mol. The number of carbonyl (C=O) groups is 1. The Bertz CT molecular complexity index is 1470. The first-order valence-corrected chi connectivity index (χ1v) is 11.9. The van der Waals surface area contributed by atoms with Gasteiger partial charge in [-0.2, -0.15) is 0 Å². The van der Waals surface area contributed by atoms with Crippen LogP contribution < -0.4 is 14.8 Å². The number of nitrogens with zero attached hydrogens (tertiary/aromatic N) is 1. The minimum Gasteiger partial charge on any atom is -0.465 e. The smallest absolute Gasteiger partial charge is 0.341 e. The maximum Gasteiger partial charge on any atom is 0.341 e.